The first-order chi connectivity index (χ1) is 13.4. The number of hydrogen-bond donors (Lipinski definition) is 2. The van der Waals surface area contributed by atoms with Crippen LogP contribution in [0.5, 0.6) is 0 Å². The van der Waals surface area contributed by atoms with Gasteiger partial charge in [0.25, 0.3) is 0 Å². The molecule has 0 radical (unpaired) electrons. The topological polar surface area (TPSA) is 93.1 Å². The molecule has 0 aliphatic carbocycles. The van der Waals surface area contributed by atoms with Crippen LogP contribution in [0.25, 0.3) is 16.7 Å². The van der Waals surface area contributed by atoms with E-state index in [0.29, 0.717) is 18.8 Å². The third-order valence-electron chi connectivity index (χ3n) is 5.39. The number of rotatable bonds is 4. The maximum absolute atomic E-state index is 12.9. The average molecular weight is 471 g/mol. The van der Waals surface area contributed by atoms with Crippen molar-refractivity contribution in [1.82, 2.24) is 14.9 Å². The Kier molecular flexibility index (Phi) is 7.52. The van der Waals surface area contributed by atoms with E-state index in [1.807, 2.05) is 41.0 Å². The second-order valence-electron chi connectivity index (χ2n) is 7.12. The van der Waals surface area contributed by atoms with Crippen LogP contribution in [0.3, 0.4) is 0 Å². The number of piperidine rings is 1. The van der Waals surface area contributed by atoms with E-state index in [9.17, 15) is 13.2 Å². The minimum Gasteiger partial charge on any atom is -0.325 e. The quantitative estimate of drug-likeness (QED) is 0.611. The number of imidazole rings is 1. The van der Waals surface area contributed by atoms with Crippen LogP contribution < -0.4 is 10.6 Å². The van der Waals surface area contributed by atoms with E-state index < -0.39 is 20.5 Å². The molecule has 0 bridgehead atoms. The lowest BCUT2D eigenvalue weighted by Crippen LogP contribution is -2.55. The number of benzene rings is 2. The van der Waals surface area contributed by atoms with Gasteiger partial charge in [-0.2, -0.15) is 0 Å². The molecule has 3 aromatic rings. The van der Waals surface area contributed by atoms with Gasteiger partial charge in [0.15, 0.2) is 14.6 Å². The minimum atomic E-state index is -3.54. The molecule has 162 valence electrons. The Morgan fingerprint density at radius 3 is 2.33 bits per heavy atom. The number of sulfone groups is 1. The second-order valence-corrected chi connectivity index (χ2v) is 9.45. The van der Waals surface area contributed by atoms with E-state index in [2.05, 4.69) is 15.6 Å². The zero-order chi connectivity index (χ0) is 19.8. The Labute approximate surface area is 188 Å². The highest BCUT2D eigenvalue weighted by Gasteiger charge is 2.48. The third-order valence-corrected chi connectivity index (χ3v) is 7.40. The van der Waals surface area contributed by atoms with Gasteiger partial charge in [0.1, 0.15) is 6.33 Å². The number of anilines is 1. The fourth-order valence-electron chi connectivity index (χ4n) is 3.71. The summed E-state index contributed by atoms with van der Waals surface area (Å²) in [6.07, 6.45) is 3.45. The molecule has 1 aromatic heterocycles. The van der Waals surface area contributed by atoms with Crippen molar-refractivity contribution in [3.05, 3.63) is 54.9 Å². The Hall–Kier alpha value is -2.13. The number of hydrogen-bond acceptors (Lipinski definition) is 5. The van der Waals surface area contributed by atoms with Crippen LogP contribution in [-0.2, 0) is 14.6 Å². The van der Waals surface area contributed by atoms with E-state index in [1.54, 1.807) is 18.5 Å². The molecule has 0 spiro atoms. The van der Waals surface area contributed by atoms with Crippen molar-refractivity contribution < 1.29 is 13.2 Å². The lowest BCUT2D eigenvalue weighted by atomic mass is 9.95. The zero-order valence-electron chi connectivity index (χ0n) is 16.4. The molecule has 1 aliphatic heterocycles. The van der Waals surface area contributed by atoms with Crippen molar-refractivity contribution in [3.63, 3.8) is 0 Å². The van der Waals surface area contributed by atoms with Gasteiger partial charge in [0, 0.05) is 17.6 Å². The first kappa shape index (κ1) is 24.1. The average Bonchev–Trinajstić information content (AvgIpc) is 3.12. The van der Waals surface area contributed by atoms with Crippen molar-refractivity contribution in [3.8, 4) is 5.69 Å². The van der Waals surface area contributed by atoms with Gasteiger partial charge in [-0.15, -0.1) is 24.8 Å². The standard InChI is InChI=1S/C20H22N4O3S.2ClH/c1-28(26,27)20(10-12-21-13-11-20)19(25)23-15-6-8-16(9-7-15)24-14-22-17-4-2-3-5-18(17)24;;/h2-9,14,21H,10-13H2,1H3,(H,23,25);2*1H. The summed E-state index contributed by atoms with van der Waals surface area (Å²) in [6, 6.07) is 15.1. The number of fused-ring (bicyclic) bond motifs is 1. The third kappa shape index (κ3) is 4.32. The Morgan fingerprint density at radius 2 is 1.70 bits per heavy atom. The normalized spacial score (nSPS) is 15.6. The van der Waals surface area contributed by atoms with Crippen LogP contribution in [0, 0.1) is 0 Å². The fourth-order valence-corrected chi connectivity index (χ4v) is 5.05. The smallest absolute Gasteiger partial charge is 0.245 e. The van der Waals surface area contributed by atoms with E-state index in [4.69, 9.17) is 0 Å². The summed E-state index contributed by atoms with van der Waals surface area (Å²) >= 11 is 0. The molecule has 0 unspecified atom stereocenters. The van der Waals surface area contributed by atoms with Gasteiger partial charge < -0.3 is 10.6 Å². The van der Waals surface area contributed by atoms with Gasteiger partial charge in [-0.1, -0.05) is 12.1 Å². The highest BCUT2D eigenvalue weighted by molar-refractivity contribution is 7.92. The summed E-state index contributed by atoms with van der Waals surface area (Å²) in [5, 5.41) is 5.91. The molecule has 0 atom stereocenters. The van der Waals surface area contributed by atoms with Crippen LogP contribution in [0.2, 0.25) is 0 Å². The zero-order valence-corrected chi connectivity index (χ0v) is 18.8. The molecule has 2 aromatic carbocycles. The molecule has 0 saturated carbocycles. The second kappa shape index (κ2) is 9.34. The Balaban J connectivity index is 0.00000160. The van der Waals surface area contributed by atoms with Crippen molar-refractivity contribution in [2.45, 2.75) is 17.6 Å². The minimum absolute atomic E-state index is 0. The van der Waals surface area contributed by atoms with Crippen LogP contribution in [0.15, 0.2) is 54.9 Å². The molecule has 10 heteroatoms. The van der Waals surface area contributed by atoms with E-state index >= 15 is 0 Å². The van der Waals surface area contributed by atoms with Crippen LogP contribution in [-0.4, -0.2) is 48.0 Å². The fraction of sp³-hybridized carbons (Fsp3) is 0.300. The molecule has 1 aliphatic rings. The number of amides is 1. The number of carbonyl (C=O) groups is 1. The number of halogens is 2. The van der Waals surface area contributed by atoms with Crippen molar-refractivity contribution >= 4 is 57.3 Å². The van der Waals surface area contributed by atoms with Crippen molar-refractivity contribution in [1.29, 1.82) is 0 Å². The molecule has 2 N–H and O–H groups in total. The summed E-state index contributed by atoms with van der Waals surface area (Å²) in [5.41, 5.74) is 3.37. The molecule has 4 rings (SSSR count). The molecule has 1 fully saturated rings. The van der Waals surface area contributed by atoms with Gasteiger partial charge in [0.05, 0.1) is 11.0 Å². The Morgan fingerprint density at radius 1 is 1.07 bits per heavy atom. The monoisotopic (exact) mass is 470 g/mol. The SMILES string of the molecule is CS(=O)(=O)C1(C(=O)Nc2ccc(-n3cnc4ccccc43)cc2)CCNCC1.Cl.Cl. The lowest BCUT2D eigenvalue weighted by molar-refractivity contribution is -0.119. The molecular weight excluding hydrogens is 447 g/mol. The first-order valence-corrected chi connectivity index (χ1v) is 11.0. The summed E-state index contributed by atoms with van der Waals surface area (Å²) in [7, 11) is -3.54. The molecular formula is C20H24Cl2N4O3S. The highest BCUT2D eigenvalue weighted by Crippen LogP contribution is 2.29. The van der Waals surface area contributed by atoms with Crippen LogP contribution >= 0.6 is 24.8 Å². The Bertz CT molecular complexity index is 1120. The first-order valence-electron chi connectivity index (χ1n) is 9.15. The number of nitrogens with zero attached hydrogens (tertiary/aromatic N) is 2. The van der Waals surface area contributed by atoms with Gasteiger partial charge in [-0.3, -0.25) is 9.36 Å². The van der Waals surface area contributed by atoms with Gasteiger partial charge >= 0.3 is 0 Å². The van der Waals surface area contributed by atoms with Gasteiger partial charge in [-0.05, 0) is 62.3 Å². The summed E-state index contributed by atoms with van der Waals surface area (Å²) in [4.78, 5) is 17.3. The number of para-hydroxylation sites is 2. The summed E-state index contributed by atoms with van der Waals surface area (Å²) < 4.78 is 25.3. The highest BCUT2D eigenvalue weighted by atomic mass is 35.5. The number of carbonyl (C=O) groups excluding carboxylic acids is 1. The maximum atomic E-state index is 12.9. The molecule has 30 heavy (non-hydrogen) atoms. The van der Waals surface area contributed by atoms with Gasteiger partial charge in [0.2, 0.25) is 5.91 Å². The van der Waals surface area contributed by atoms with Crippen LogP contribution in [0.4, 0.5) is 5.69 Å². The number of nitrogens with one attached hydrogen (secondary N) is 2. The van der Waals surface area contributed by atoms with E-state index in [0.717, 1.165) is 23.0 Å². The predicted octanol–water partition coefficient (Wildman–Crippen LogP) is 2.97. The summed E-state index contributed by atoms with van der Waals surface area (Å²) in [6.45, 7) is 1.01. The van der Waals surface area contributed by atoms with E-state index in [-0.39, 0.29) is 37.7 Å². The molecule has 1 amide bonds. The maximum Gasteiger partial charge on any atom is 0.245 e. The summed E-state index contributed by atoms with van der Waals surface area (Å²) in [5.74, 6) is -0.461. The predicted molar refractivity (Wildman–Crippen MR) is 124 cm³/mol. The molecule has 7 nitrogen and oxygen atoms in total. The largest absolute Gasteiger partial charge is 0.325 e. The van der Waals surface area contributed by atoms with Crippen molar-refractivity contribution in [2.24, 2.45) is 0 Å². The lowest BCUT2D eigenvalue weighted by Gasteiger charge is -2.34. The molecule has 1 saturated heterocycles. The van der Waals surface area contributed by atoms with E-state index in [1.165, 1.54) is 0 Å². The number of aromatic nitrogens is 2. The van der Waals surface area contributed by atoms with Crippen molar-refractivity contribution in [2.75, 3.05) is 24.7 Å². The van der Waals surface area contributed by atoms with Crippen LogP contribution in [0.1, 0.15) is 12.8 Å². The molecule has 2 heterocycles. The van der Waals surface area contributed by atoms with Gasteiger partial charge in [-0.25, -0.2) is 13.4 Å².